The fraction of sp³-hybridized carbons (Fsp3) is 0.0714. The molecule has 0 saturated carbocycles. The van der Waals surface area contributed by atoms with Crippen LogP contribution in [0.4, 0.5) is 17.1 Å². The third kappa shape index (κ3) is 3.15. The second-order valence-electron chi connectivity index (χ2n) is 4.05. The Bertz CT molecular complexity index is 660. The minimum Gasteiger partial charge on any atom is -0.465 e. The van der Waals surface area contributed by atoms with Crippen LogP contribution in [0.25, 0.3) is 0 Å². The van der Waals surface area contributed by atoms with Gasteiger partial charge in [0.1, 0.15) is 0 Å². The lowest BCUT2D eigenvalue weighted by molar-refractivity contribution is 0.0602. The maximum atomic E-state index is 11.7. The molecule has 6 heteroatoms. The van der Waals surface area contributed by atoms with Crippen LogP contribution in [0.1, 0.15) is 10.4 Å². The van der Waals surface area contributed by atoms with Gasteiger partial charge in [0.25, 0.3) is 0 Å². The zero-order chi connectivity index (χ0) is 14.7. The molecule has 0 aromatic heterocycles. The lowest BCUT2D eigenvalue weighted by atomic mass is 10.1. The third-order valence-electron chi connectivity index (χ3n) is 2.65. The average Bonchev–Trinajstić information content (AvgIpc) is 2.42. The van der Waals surface area contributed by atoms with E-state index in [-0.39, 0.29) is 0 Å². The van der Waals surface area contributed by atoms with Crippen LogP contribution in [-0.4, -0.2) is 13.1 Å². The van der Waals surface area contributed by atoms with Crippen molar-refractivity contribution in [3.05, 3.63) is 52.0 Å². The van der Waals surface area contributed by atoms with Crippen molar-refractivity contribution in [1.29, 1.82) is 0 Å². The fourth-order valence-corrected chi connectivity index (χ4v) is 2.14. The van der Waals surface area contributed by atoms with Gasteiger partial charge in [-0.2, -0.15) is 0 Å². The molecule has 3 N–H and O–H groups in total. The molecule has 2 rings (SSSR count). The standard InChI is InChI=1S/C14H12Cl2N2O2/c1-20-14(19)10-7-9(17)3-5-12(10)18-13-4-2-8(15)6-11(13)16/h2-7,18H,17H2,1H3. The van der Waals surface area contributed by atoms with Crippen LogP contribution < -0.4 is 11.1 Å². The highest BCUT2D eigenvalue weighted by Crippen LogP contribution is 2.30. The Morgan fingerprint density at radius 1 is 1.15 bits per heavy atom. The number of anilines is 3. The zero-order valence-corrected chi connectivity index (χ0v) is 12.1. The van der Waals surface area contributed by atoms with Crippen molar-refractivity contribution in [3.63, 3.8) is 0 Å². The van der Waals surface area contributed by atoms with E-state index in [1.807, 2.05) is 0 Å². The quantitative estimate of drug-likeness (QED) is 0.661. The molecule has 0 amide bonds. The first-order chi connectivity index (χ1) is 9.51. The van der Waals surface area contributed by atoms with Crippen molar-refractivity contribution in [1.82, 2.24) is 0 Å². The van der Waals surface area contributed by atoms with Gasteiger partial charge in [0.2, 0.25) is 0 Å². The summed E-state index contributed by atoms with van der Waals surface area (Å²) in [6.07, 6.45) is 0. The number of hydrogen-bond donors (Lipinski definition) is 2. The summed E-state index contributed by atoms with van der Waals surface area (Å²) >= 11 is 11.9. The van der Waals surface area contributed by atoms with E-state index in [0.29, 0.717) is 32.7 Å². The lowest BCUT2D eigenvalue weighted by Crippen LogP contribution is -2.06. The van der Waals surface area contributed by atoms with Crippen LogP contribution in [0, 0.1) is 0 Å². The molecule has 4 nitrogen and oxygen atoms in total. The monoisotopic (exact) mass is 310 g/mol. The molecule has 104 valence electrons. The van der Waals surface area contributed by atoms with Crippen LogP contribution >= 0.6 is 23.2 Å². The van der Waals surface area contributed by atoms with Gasteiger partial charge in [-0.3, -0.25) is 0 Å². The SMILES string of the molecule is COC(=O)c1cc(N)ccc1Nc1ccc(Cl)cc1Cl. The van der Waals surface area contributed by atoms with Gasteiger partial charge in [0.05, 0.1) is 29.1 Å². The minimum absolute atomic E-state index is 0.332. The highest BCUT2D eigenvalue weighted by atomic mass is 35.5. The molecule has 0 radical (unpaired) electrons. The molecule has 0 unspecified atom stereocenters. The summed E-state index contributed by atoms with van der Waals surface area (Å²) < 4.78 is 4.73. The van der Waals surface area contributed by atoms with Crippen molar-refractivity contribution in [2.24, 2.45) is 0 Å². The molecule has 0 aliphatic rings. The number of hydrogen-bond acceptors (Lipinski definition) is 4. The van der Waals surface area contributed by atoms with E-state index in [1.54, 1.807) is 30.3 Å². The van der Waals surface area contributed by atoms with E-state index >= 15 is 0 Å². The second kappa shape index (κ2) is 6.03. The summed E-state index contributed by atoms with van der Waals surface area (Å²) in [6, 6.07) is 9.94. The summed E-state index contributed by atoms with van der Waals surface area (Å²) in [6.45, 7) is 0. The largest absolute Gasteiger partial charge is 0.465 e. The highest BCUT2D eigenvalue weighted by Gasteiger charge is 2.13. The highest BCUT2D eigenvalue weighted by molar-refractivity contribution is 6.36. The molecule has 0 aliphatic carbocycles. The lowest BCUT2D eigenvalue weighted by Gasteiger charge is -2.13. The molecule has 0 saturated heterocycles. The number of carbonyl (C=O) groups excluding carboxylic acids is 1. The van der Waals surface area contributed by atoms with Crippen molar-refractivity contribution < 1.29 is 9.53 Å². The molecule has 2 aromatic carbocycles. The number of benzene rings is 2. The third-order valence-corrected chi connectivity index (χ3v) is 3.20. The van der Waals surface area contributed by atoms with Gasteiger partial charge >= 0.3 is 5.97 Å². The van der Waals surface area contributed by atoms with Crippen LogP contribution in [0.2, 0.25) is 10.0 Å². The number of methoxy groups -OCH3 is 1. The van der Waals surface area contributed by atoms with E-state index in [0.717, 1.165) is 0 Å². The molecule has 0 bridgehead atoms. The van der Waals surface area contributed by atoms with Crippen LogP contribution in [0.3, 0.4) is 0 Å². The first kappa shape index (κ1) is 14.5. The molecule has 0 spiro atoms. The molecule has 0 fully saturated rings. The normalized spacial score (nSPS) is 10.2. The Hall–Kier alpha value is -1.91. The number of carbonyl (C=O) groups is 1. The first-order valence-electron chi connectivity index (χ1n) is 5.71. The van der Waals surface area contributed by atoms with Crippen molar-refractivity contribution in [2.45, 2.75) is 0 Å². The van der Waals surface area contributed by atoms with Gasteiger partial charge in [-0.25, -0.2) is 4.79 Å². The van der Waals surface area contributed by atoms with Crippen molar-refractivity contribution in [2.75, 3.05) is 18.2 Å². The van der Waals surface area contributed by atoms with Crippen LogP contribution in [0.5, 0.6) is 0 Å². The van der Waals surface area contributed by atoms with Crippen LogP contribution in [0.15, 0.2) is 36.4 Å². The molecule has 0 heterocycles. The number of halogens is 2. The first-order valence-corrected chi connectivity index (χ1v) is 6.47. The fourth-order valence-electron chi connectivity index (χ4n) is 1.69. The van der Waals surface area contributed by atoms with Crippen LogP contribution in [-0.2, 0) is 4.74 Å². The van der Waals surface area contributed by atoms with E-state index < -0.39 is 5.97 Å². The Morgan fingerprint density at radius 3 is 2.50 bits per heavy atom. The van der Waals surface area contributed by atoms with E-state index in [4.69, 9.17) is 33.7 Å². The summed E-state index contributed by atoms with van der Waals surface area (Å²) in [4.78, 5) is 11.7. The zero-order valence-electron chi connectivity index (χ0n) is 10.6. The molecular weight excluding hydrogens is 299 g/mol. The summed E-state index contributed by atoms with van der Waals surface area (Å²) in [5.41, 5.74) is 7.67. The smallest absolute Gasteiger partial charge is 0.340 e. The number of ether oxygens (including phenoxy) is 1. The minimum atomic E-state index is -0.482. The number of nitrogen functional groups attached to an aromatic ring is 1. The maximum Gasteiger partial charge on any atom is 0.340 e. The second-order valence-corrected chi connectivity index (χ2v) is 4.89. The van der Waals surface area contributed by atoms with Crippen molar-refractivity contribution in [3.8, 4) is 0 Å². The van der Waals surface area contributed by atoms with Gasteiger partial charge in [-0.05, 0) is 36.4 Å². The molecular formula is C14H12Cl2N2O2. The topological polar surface area (TPSA) is 64.3 Å². The molecule has 0 aliphatic heterocycles. The molecule has 0 atom stereocenters. The van der Waals surface area contributed by atoms with Crippen molar-refractivity contribution >= 4 is 46.2 Å². The van der Waals surface area contributed by atoms with E-state index in [2.05, 4.69) is 5.32 Å². The van der Waals surface area contributed by atoms with Gasteiger partial charge in [0.15, 0.2) is 0 Å². The molecule has 2 aromatic rings. The number of esters is 1. The Balaban J connectivity index is 2.40. The number of rotatable bonds is 3. The molecule has 20 heavy (non-hydrogen) atoms. The number of nitrogens with one attached hydrogen (secondary N) is 1. The van der Waals surface area contributed by atoms with E-state index in [9.17, 15) is 4.79 Å². The van der Waals surface area contributed by atoms with E-state index in [1.165, 1.54) is 13.2 Å². The van der Waals surface area contributed by atoms with Gasteiger partial charge < -0.3 is 15.8 Å². The summed E-state index contributed by atoms with van der Waals surface area (Å²) in [5.74, 6) is -0.482. The van der Waals surface area contributed by atoms with Gasteiger partial charge in [-0.15, -0.1) is 0 Å². The van der Waals surface area contributed by atoms with Gasteiger partial charge in [0, 0.05) is 10.7 Å². The Kier molecular flexibility index (Phi) is 4.37. The maximum absolute atomic E-state index is 11.7. The average molecular weight is 311 g/mol. The van der Waals surface area contributed by atoms with Gasteiger partial charge in [-0.1, -0.05) is 23.2 Å². The summed E-state index contributed by atoms with van der Waals surface area (Å²) in [7, 11) is 1.31. The number of nitrogens with two attached hydrogens (primary N) is 1. The predicted octanol–water partition coefficient (Wildman–Crippen LogP) is 4.11. The predicted molar refractivity (Wildman–Crippen MR) is 81.9 cm³/mol. The summed E-state index contributed by atoms with van der Waals surface area (Å²) in [5, 5.41) is 4.05. The Morgan fingerprint density at radius 2 is 1.85 bits per heavy atom. The Labute approximate surface area is 126 Å².